The summed E-state index contributed by atoms with van der Waals surface area (Å²) < 4.78 is 19.1. The Balaban J connectivity index is 1.49. The molecular weight excluding hydrogens is 257 g/mol. The first-order valence-electron chi connectivity index (χ1n) is 7.09. The topological polar surface area (TPSA) is 51.0 Å². The average Bonchev–Trinajstić information content (AvgIpc) is 3.17. The van der Waals surface area contributed by atoms with Crippen LogP contribution in [-0.4, -0.2) is 22.8 Å². The second kappa shape index (κ2) is 6.13. The molecule has 3 rings (SSSR count). The van der Waals surface area contributed by atoms with Crippen molar-refractivity contribution in [3.05, 3.63) is 47.4 Å². The number of hydrogen-bond acceptors (Lipinski definition) is 4. The molecule has 20 heavy (non-hydrogen) atoms. The molecule has 1 aromatic heterocycles. The van der Waals surface area contributed by atoms with Crippen LogP contribution in [0.4, 0.5) is 4.39 Å². The van der Waals surface area contributed by atoms with E-state index in [1.807, 2.05) is 0 Å². The van der Waals surface area contributed by atoms with Crippen molar-refractivity contribution in [1.29, 1.82) is 0 Å². The van der Waals surface area contributed by atoms with Crippen LogP contribution in [0.2, 0.25) is 0 Å². The van der Waals surface area contributed by atoms with Gasteiger partial charge in [-0.3, -0.25) is 0 Å². The van der Waals surface area contributed by atoms with E-state index < -0.39 is 0 Å². The van der Waals surface area contributed by atoms with Crippen molar-refractivity contribution in [3.8, 4) is 0 Å². The van der Waals surface area contributed by atoms with E-state index >= 15 is 0 Å². The standard InChI is InChI=1S/C15H18FN3O/c16-13-5-2-1-4-11(13)10-15-19-18-14(20-15)6-3-9-17-12-7-8-12/h1-2,4-5,12,17H,3,6-10H2. The third kappa shape index (κ3) is 3.63. The number of nitrogens with zero attached hydrogens (tertiary/aromatic N) is 2. The molecule has 0 aliphatic heterocycles. The molecule has 2 aromatic rings. The Morgan fingerprint density at radius 1 is 1.20 bits per heavy atom. The van der Waals surface area contributed by atoms with Crippen LogP contribution in [0.3, 0.4) is 0 Å². The Morgan fingerprint density at radius 3 is 2.80 bits per heavy atom. The van der Waals surface area contributed by atoms with Crippen LogP contribution in [0.25, 0.3) is 0 Å². The fraction of sp³-hybridized carbons (Fsp3) is 0.467. The van der Waals surface area contributed by atoms with E-state index in [0.717, 1.165) is 25.4 Å². The Kier molecular flexibility index (Phi) is 4.06. The lowest BCUT2D eigenvalue weighted by atomic mass is 10.1. The molecule has 106 valence electrons. The average molecular weight is 275 g/mol. The number of hydrogen-bond donors (Lipinski definition) is 1. The van der Waals surface area contributed by atoms with Crippen LogP contribution in [0.15, 0.2) is 28.7 Å². The Bertz CT molecular complexity index is 566. The molecule has 0 radical (unpaired) electrons. The minimum absolute atomic E-state index is 0.235. The van der Waals surface area contributed by atoms with Gasteiger partial charge in [0.2, 0.25) is 11.8 Å². The van der Waals surface area contributed by atoms with Gasteiger partial charge in [0.1, 0.15) is 5.82 Å². The number of aromatic nitrogens is 2. The normalized spacial score (nSPS) is 14.7. The summed E-state index contributed by atoms with van der Waals surface area (Å²) in [7, 11) is 0. The summed E-state index contributed by atoms with van der Waals surface area (Å²) in [5.41, 5.74) is 0.582. The van der Waals surface area contributed by atoms with E-state index in [0.29, 0.717) is 23.8 Å². The molecule has 0 unspecified atom stereocenters. The SMILES string of the molecule is Fc1ccccc1Cc1nnc(CCCNC2CC2)o1. The quantitative estimate of drug-likeness (QED) is 0.789. The summed E-state index contributed by atoms with van der Waals surface area (Å²) in [6, 6.07) is 7.38. The molecule has 4 nitrogen and oxygen atoms in total. The largest absolute Gasteiger partial charge is 0.425 e. The zero-order chi connectivity index (χ0) is 13.8. The van der Waals surface area contributed by atoms with Gasteiger partial charge in [-0.1, -0.05) is 18.2 Å². The number of nitrogens with one attached hydrogen (secondary N) is 1. The first-order valence-corrected chi connectivity index (χ1v) is 7.09. The van der Waals surface area contributed by atoms with E-state index in [1.165, 1.54) is 18.9 Å². The third-order valence-electron chi connectivity index (χ3n) is 3.39. The van der Waals surface area contributed by atoms with E-state index in [4.69, 9.17) is 4.42 Å². The molecule has 1 aliphatic rings. The summed E-state index contributed by atoms with van der Waals surface area (Å²) in [4.78, 5) is 0. The number of aryl methyl sites for hydroxylation is 1. The van der Waals surface area contributed by atoms with Crippen molar-refractivity contribution < 1.29 is 8.81 Å². The molecule has 1 aromatic carbocycles. The zero-order valence-corrected chi connectivity index (χ0v) is 11.3. The molecule has 5 heteroatoms. The van der Waals surface area contributed by atoms with Crippen molar-refractivity contribution >= 4 is 0 Å². The molecule has 1 saturated carbocycles. The lowest BCUT2D eigenvalue weighted by Crippen LogP contribution is -2.17. The number of rotatable bonds is 7. The van der Waals surface area contributed by atoms with Crippen LogP contribution < -0.4 is 5.32 Å². The number of halogens is 1. The summed E-state index contributed by atoms with van der Waals surface area (Å²) in [6.07, 6.45) is 4.70. The maximum Gasteiger partial charge on any atom is 0.221 e. The molecule has 0 atom stereocenters. The molecule has 0 bridgehead atoms. The van der Waals surface area contributed by atoms with E-state index in [-0.39, 0.29) is 5.82 Å². The highest BCUT2D eigenvalue weighted by molar-refractivity contribution is 5.20. The van der Waals surface area contributed by atoms with Crippen LogP contribution >= 0.6 is 0 Å². The Hall–Kier alpha value is -1.75. The Morgan fingerprint density at radius 2 is 2.00 bits per heavy atom. The second-order valence-electron chi connectivity index (χ2n) is 5.19. The minimum Gasteiger partial charge on any atom is -0.425 e. The first kappa shape index (κ1) is 13.2. The van der Waals surface area contributed by atoms with Gasteiger partial charge < -0.3 is 9.73 Å². The lowest BCUT2D eigenvalue weighted by Gasteiger charge is -1.99. The van der Waals surface area contributed by atoms with E-state index in [2.05, 4.69) is 15.5 Å². The highest BCUT2D eigenvalue weighted by Crippen LogP contribution is 2.18. The highest BCUT2D eigenvalue weighted by atomic mass is 19.1. The van der Waals surface area contributed by atoms with E-state index in [9.17, 15) is 4.39 Å². The molecule has 0 amide bonds. The van der Waals surface area contributed by atoms with Gasteiger partial charge in [-0.25, -0.2) is 4.39 Å². The molecule has 1 heterocycles. The third-order valence-corrected chi connectivity index (χ3v) is 3.39. The maximum atomic E-state index is 13.5. The molecule has 1 fully saturated rings. The van der Waals surface area contributed by atoms with E-state index in [1.54, 1.807) is 18.2 Å². The van der Waals surface area contributed by atoms with Crippen LogP contribution in [0.5, 0.6) is 0 Å². The lowest BCUT2D eigenvalue weighted by molar-refractivity contribution is 0.446. The van der Waals surface area contributed by atoms with Gasteiger partial charge in [0.15, 0.2) is 0 Å². The van der Waals surface area contributed by atoms with Crippen molar-refractivity contribution in [2.75, 3.05) is 6.54 Å². The molecule has 1 N–H and O–H groups in total. The van der Waals surface area contributed by atoms with Gasteiger partial charge in [-0.05, 0) is 37.4 Å². The van der Waals surface area contributed by atoms with Gasteiger partial charge in [-0.15, -0.1) is 10.2 Å². The Labute approximate surface area is 117 Å². The van der Waals surface area contributed by atoms with Crippen LogP contribution in [0, 0.1) is 5.82 Å². The van der Waals surface area contributed by atoms with Crippen molar-refractivity contribution in [3.63, 3.8) is 0 Å². The highest BCUT2D eigenvalue weighted by Gasteiger charge is 2.19. The fourth-order valence-electron chi connectivity index (χ4n) is 2.10. The van der Waals surface area contributed by atoms with Gasteiger partial charge in [-0.2, -0.15) is 0 Å². The van der Waals surface area contributed by atoms with Gasteiger partial charge in [0, 0.05) is 12.5 Å². The summed E-state index contributed by atoms with van der Waals surface area (Å²) >= 11 is 0. The summed E-state index contributed by atoms with van der Waals surface area (Å²) in [6.45, 7) is 0.982. The van der Waals surface area contributed by atoms with Crippen molar-refractivity contribution in [2.24, 2.45) is 0 Å². The monoisotopic (exact) mass is 275 g/mol. The smallest absolute Gasteiger partial charge is 0.221 e. The second-order valence-corrected chi connectivity index (χ2v) is 5.19. The molecule has 1 aliphatic carbocycles. The molecule has 0 saturated heterocycles. The minimum atomic E-state index is -0.235. The summed E-state index contributed by atoms with van der Waals surface area (Å²) in [5.74, 6) is 0.870. The first-order chi connectivity index (χ1) is 9.81. The van der Waals surface area contributed by atoms with Gasteiger partial charge in [0.25, 0.3) is 0 Å². The maximum absolute atomic E-state index is 13.5. The molecular formula is C15H18FN3O. The van der Waals surface area contributed by atoms with Gasteiger partial charge in [0.05, 0.1) is 6.42 Å². The molecule has 0 spiro atoms. The predicted octanol–water partition coefficient (Wildman–Crippen LogP) is 2.48. The summed E-state index contributed by atoms with van der Waals surface area (Å²) in [5, 5.41) is 11.4. The predicted molar refractivity (Wildman–Crippen MR) is 72.8 cm³/mol. The van der Waals surface area contributed by atoms with Crippen molar-refractivity contribution in [1.82, 2.24) is 15.5 Å². The zero-order valence-electron chi connectivity index (χ0n) is 11.3. The van der Waals surface area contributed by atoms with Crippen molar-refractivity contribution in [2.45, 2.75) is 38.1 Å². The number of benzene rings is 1. The fourth-order valence-corrected chi connectivity index (χ4v) is 2.10. The van der Waals surface area contributed by atoms with Crippen LogP contribution in [0.1, 0.15) is 36.6 Å². The van der Waals surface area contributed by atoms with Crippen LogP contribution in [-0.2, 0) is 12.8 Å². The van der Waals surface area contributed by atoms with Gasteiger partial charge >= 0.3 is 0 Å².